The molecule has 8 heteroatoms. The number of aromatic nitrogens is 3. The summed E-state index contributed by atoms with van der Waals surface area (Å²) in [5.74, 6) is 1.27. The zero-order valence-electron chi connectivity index (χ0n) is 14.6. The van der Waals surface area contributed by atoms with Gasteiger partial charge in [0.05, 0.1) is 13.0 Å². The number of anilines is 1. The maximum atomic E-state index is 13.1. The van der Waals surface area contributed by atoms with Crippen LogP contribution in [0.5, 0.6) is 5.75 Å². The summed E-state index contributed by atoms with van der Waals surface area (Å²) in [6, 6.07) is 5.43. The van der Waals surface area contributed by atoms with Gasteiger partial charge < -0.3 is 15.0 Å². The normalized spacial score (nSPS) is 20.4. The van der Waals surface area contributed by atoms with Crippen LogP contribution in [0.2, 0.25) is 0 Å². The minimum atomic E-state index is -0.462. The predicted octanol–water partition coefficient (Wildman–Crippen LogP) is 1.65. The number of nitrogens with one attached hydrogen (secondary N) is 2. The number of aromatic amines is 1. The largest absolute Gasteiger partial charge is 0.497 e. The van der Waals surface area contributed by atoms with Crippen LogP contribution in [0.4, 0.5) is 5.69 Å². The van der Waals surface area contributed by atoms with Crippen LogP contribution in [0.1, 0.15) is 42.5 Å². The van der Waals surface area contributed by atoms with Crippen molar-refractivity contribution >= 4 is 17.5 Å². The van der Waals surface area contributed by atoms with E-state index < -0.39 is 5.92 Å². The van der Waals surface area contributed by atoms with Gasteiger partial charge in [-0.25, -0.2) is 4.98 Å². The van der Waals surface area contributed by atoms with E-state index in [0.717, 1.165) is 24.2 Å². The van der Waals surface area contributed by atoms with Crippen LogP contribution >= 0.6 is 0 Å². The first-order chi connectivity index (χ1) is 12.7. The third-order valence-electron chi connectivity index (χ3n) is 5.22. The number of methoxy groups -OCH3 is 1. The van der Waals surface area contributed by atoms with Crippen LogP contribution in [-0.4, -0.2) is 52.1 Å². The second-order valence-electron chi connectivity index (χ2n) is 6.73. The number of carbonyl (C=O) groups is 2. The van der Waals surface area contributed by atoms with Gasteiger partial charge in [0.15, 0.2) is 0 Å². The lowest BCUT2D eigenvalue weighted by atomic mass is 9.87. The molecule has 0 aliphatic carbocycles. The number of hydrogen-bond donors (Lipinski definition) is 2. The fourth-order valence-corrected chi connectivity index (χ4v) is 3.79. The number of rotatable bonds is 3. The summed E-state index contributed by atoms with van der Waals surface area (Å²) in [7, 11) is 1.59. The summed E-state index contributed by atoms with van der Waals surface area (Å²) in [5.41, 5.74) is 1.52. The Kier molecular flexibility index (Phi) is 4.32. The first kappa shape index (κ1) is 16.6. The molecule has 4 rings (SSSR count). The molecular weight excluding hydrogens is 334 g/mol. The van der Waals surface area contributed by atoms with Crippen molar-refractivity contribution in [3.63, 3.8) is 0 Å². The van der Waals surface area contributed by atoms with E-state index in [1.165, 1.54) is 6.33 Å². The quantitative estimate of drug-likeness (QED) is 0.872. The van der Waals surface area contributed by atoms with E-state index in [1.54, 1.807) is 19.2 Å². The Morgan fingerprint density at radius 3 is 2.81 bits per heavy atom. The summed E-state index contributed by atoms with van der Waals surface area (Å²) < 4.78 is 5.28. The minimum absolute atomic E-state index is 0.00497. The average Bonchev–Trinajstić information content (AvgIpc) is 3.21. The molecule has 1 aromatic heterocycles. The highest BCUT2D eigenvalue weighted by molar-refractivity contribution is 6.01. The fraction of sp³-hybridized carbons (Fsp3) is 0.444. The van der Waals surface area contributed by atoms with Gasteiger partial charge in [-0.2, -0.15) is 5.10 Å². The Labute approximate surface area is 150 Å². The molecule has 3 heterocycles. The fourth-order valence-electron chi connectivity index (χ4n) is 3.79. The lowest BCUT2D eigenvalue weighted by molar-refractivity contribution is -0.136. The molecule has 8 nitrogen and oxygen atoms in total. The molecule has 0 radical (unpaired) electrons. The average molecular weight is 355 g/mol. The van der Waals surface area contributed by atoms with E-state index in [9.17, 15) is 9.59 Å². The van der Waals surface area contributed by atoms with E-state index in [-0.39, 0.29) is 18.2 Å². The zero-order chi connectivity index (χ0) is 18.1. The molecule has 1 aromatic carbocycles. The van der Waals surface area contributed by atoms with Gasteiger partial charge in [0, 0.05) is 31.1 Å². The molecule has 0 bridgehead atoms. The molecule has 2 N–H and O–H groups in total. The number of fused-ring (bicyclic) bond motifs is 1. The summed E-state index contributed by atoms with van der Waals surface area (Å²) in [6.07, 6.45) is 3.36. The lowest BCUT2D eigenvalue weighted by Crippen LogP contribution is -2.42. The maximum absolute atomic E-state index is 13.1. The Bertz CT molecular complexity index is 812. The zero-order valence-corrected chi connectivity index (χ0v) is 14.6. The number of carbonyl (C=O) groups excluding carboxylic acids is 2. The highest BCUT2D eigenvalue weighted by atomic mass is 16.5. The first-order valence-electron chi connectivity index (χ1n) is 8.77. The van der Waals surface area contributed by atoms with Crippen molar-refractivity contribution in [3.8, 4) is 5.75 Å². The third kappa shape index (κ3) is 3.02. The lowest BCUT2D eigenvalue weighted by Gasteiger charge is -2.35. The Morgan fingerprint density at radius 1 is 1.31 bits per heavy atom. The van der Waals surface area contributed by atoms with Crippen molar-refractivity contribution in [2.45, 2.75) is 31.1 Å². The Hall–Kier alpha value is -2.90. The van der Waals surface area contributed by atoms with Crippen molar-refractivity contribution in [2.24, 2.45) is 0 Å². The van der Waals surface area contributed by atoms with Crippen molar-refractivity contribution < 1.29 is 14.3 Å². The van der Waals surface area contributed by atoms with E-state index in [2.05, 4.69) is 20.5 Å². The molecule has 2 aliphatic heterocycles. The molecule has 0 spiro atoms. The smallest absolute Gasteiger partial charge is 0.230 e. The second kappa shape index (κ2) is 6.78. The summed E-state index contributed by atoms with van der Waals surface area (Å²) >= 11 is 0. The van der Waals surface area contributed by atoms with Gasteiger partial charge in [-0.1, -0.05) is 0 Å². The topological polar surface area (TPSA) is 100 Å². The summed E-state index contributed by atoms with van der Waals surface area (Å²) in [5, 5.41) is 9.66. The highest BCUT2D eigenvalue weighted by Gasteiger charge is 2.35. The van der Waals surface area contributed by atoms with Crippen molar-refractivity contribution in [1.29, 1.82) is 0 Å². The van der Waals surface area contributed by atoms with Gasteiger partial charge >= 0.3 is 0 Å². The minimum Gasteiger partial charge on any atom is -0.497 e. The van der Waals surface area contributed by atoms with Crippen molar-refractivity contribution in [3.05, 3.63) is 35.9 Å². The predicted molar refractivity (Wildman–Crippen MR) is 93.9 cm³/mol. The van der Waals surface area contributed by atoms with E-state index in [0.29, 0.717) is 30.4 Å². The van der Waals surface area contributed by atoms with Gasteiger partial charge in [0.1, 0.15) is 17.9 Å². The number of ether oxygens (including phenoxy) is 1. The highest BCUT2D eigenvalue weighted by Crippen LogP contribution is 2.37. The Balaban J connectivity index is 1.51. The molecule has 136 valence electrons. The molecule has 2 amide bonds. The molecule has 0 unspecified atom stereocenters. The monoisotopic (exact) mass is 355 g/mol. The van der Waals surface area contributed by atoms with Gasteiger partial charge in [0.25, 0.3) is 0 Å². The number of nitrogens with zero attached hydrogens (tertiary/aromatic N) is 3. The summed E-state index contributed by atoms with van der Waals surface area (Å²) in [6.45, 7) is 1.31. The molecule has 1 atom stereocenters. The van der Waals surface area contributed by atoms with E-state index >= 15 is 0 Å². The molecule has 2 aliphatic rings. The van der Waals surface area contributed by atoms with E-state index in [1.807, 2.05) is 11.0 Å². The number of hydrogen-bond acceptors (Lipinski definition) is 5. The molecule has 26 heavy (non-hydrogen) atoms. The molecular formula is C18H21N5O3. The maximum Gasteiger partial charge on any atom is 0.230 e. The molecule has 2 aromatic rings. The van der Waals surface area contributed by atoms with Crippen molar-refractivity contribution in [1.82, 2.24) is 20.1 Å². The van der Waals surface area contributed by atoms with Crippen molar-refractivity contribution in [2.75, 3.05) is 25.5 Å². The van der Waals surface area contributed by atoms with Gasteiger partial charge in [-0.15, -0.1) is 0 Å². The van der Waals surface area contributed by atoms with Crippen LogP contribution in [0, 0.1) is 0 Å². The van der Waals surface area contributed by atoms with Gasteiger partial charge in [-0.05, 0) is 36.6 Å². The van der Waals surface area contributed by atoms with Crippen LogP contribution in [0.3, 0.4) is 0 Å². The van der Waals surface area contributed by atoms with Gasteiger partial charge in [0.2, 0.25) is 11.8 Å². The summed E-state index contributed by atoms with van der Waals surface area (Å²) in [4.78, 5) is 31.3. The number of amides is 2. The van der Waals surface area contributed by atoms with Gasteiger partial charge in [-0.3, -0.25) is 14.7 Å². The van der Waals surface area contributed by atoms with Crippen LogP contribution in [-0.2, 0) is 9.59 Å². The van der Waals surface area contributed by atoms with Crippen LogP contribution < -0.4 is 10.1 Å². The standard InChI is InChI=1S/C18H21N5O3/c1-26-12-2-3-15-13(8-12)14(9-16(24)21-15)18(25)23-6-4-11(5-7-23)17-19-10-20-22-17/h2-3,8,10-11,14H,4-7,9H2,1H3,(H,21,24)(H,19,20,22)/t14-/m0/s1. The number of H-pyrrole nitrogens is 1. The number of benzene rings is 1. The second-order valence-corrected chi connectivity index (χ2v) is 6.73. The first-order valence-corrected chi connectivity index (χ1v) is 8.77. The molecule has 1 saturated heterocycles. The molecule has 0 saturated carbocycles. The van der Waals surface area contributed by atoms with E-state index in [4.69, 9.17) is 4.74 Å². The van der Waals surface area contributed by atoms with Crippen LogP contribution in [0.15, 0.2) is 24.5 Å². The SMILES string of the molecule is COc1ccc2c(c1)[C@@H](C(=O)N1CCC(c3ncn[nH]3)CC1)CC(=O)N2. The van der Waals surface area contributed by atoms with Crippen LogP contribution in [0.25, 0.3) is 0 Å². The number of likely N-dealkylation sites (tertiary alicyclic amines) is 1. The third-order valence-corrected chi connectivity index (χ3v) is 5.22. The Morgan fingerprint density at radius 2 is 2.12 bits per heavy atom. The number of piperidine rings is 1. The molecule has 1 fully saturated rings.